The van der Waals surface area contributed by atoms with Gasteiger partial charge >= 0.3 is 0 Å². The van der Waals surface area contributed by atoms with Crippen LogP contribution in [0.25, 0.3) is 0 Å². The van der Waals surface area contributed by atoms with Crippen molar-refractivity contribution in [3.63, 3.8) is 0 Å². The van der Waals surface area contributed by atoms with Crippen LogP contribution >= 0.6 is 0 Å². The molecular formula is C14H22O2. The van der Waals surface area contributed by atoms with Gasteiger partial charge < -0.3 is 9.47 Å². The van der Waals surface area contributed by atoms with Crippen LogP contribution in [0.4, 0.5) is 0 Å². The highest BCUT2D eigenvalue weighted by Gasteiger charge is 2.51. The molecule has 0 radical (unpaired) electrons. The van der Waals surface area contributed by atoms with E-state index in [0.717, 1.165) is 49.4 Å². The lowest BCUT2D eigenvalue weighted by Gasteiger charge is -2.23. The highest BCUT2D eigenvalue weighted by atomic mass is 16.6. The molecule has 1 aliphatic heterocycles. The van der Waals surface area contributed by atoms with E-state index in [-0.39, 0.29) is 0 Å². The fourth-order valence-electron chi connectivity index (χ4n) is 4.80. The number of fused-ring (bicyclic) bond motifs is 5. The summed E-state index contributed by atoms with van der Waals surface area (Å²) in [5.41, 5.74) is 0. The van der Waals surface area contributed by atoms with Gasteiger partial charge in [0.15, 0.2) is 0 Å². The van der Waals surface area contributed by atoms with E-state index in [2.05, 4.69) is 0 Å². The maximum atomic E-state index is 5.77. The Morgan fingerprint density at radius 3 is 2.25 bits per heavy atom. The zero-order chi connectivity index (χ0) is 10.5. The molecule has 0 spiro atoms. The Bertz CT molecular complexity index is 256. The van der Waals surface area contributed by atoms with Gasteiger partial charge in [0, 0.05) is 6.61 Å². The second-order valence-electron chi connectivity index (χ2n) is 6.49. The number of epoxide rings is 1. The SMILES string of the molecule is C(OCC1CO1)C1CC2C3CCC(C3)C2C1. The normalized spacial score (nSPS) is 53.2. The van der Waals surface area contributed by atoms with Crippen LogP contribution in [-0.2, 0) is 9.47 Å². The standard InChI is InChI=1S/C14H22O2/c1-2-11-5-10(1)13-3-9(4-14(11)13)6-15-7-12-8-16-12/h9-14H,1-8H2. The molecule has 3 saturated carbocycles. The van der Waals surface area contributed by atoms with Crippen LogP contribution in [0, 0.1) is 29.6 Å². The summed E-state index contributed by atoms with van der Waals surface area (Å²) in [6, 6.07) is 0. The summed E-state index contributed by atoms with van der Waals surface area (Å²) in [6.07, 6.45) is 8.02. The topological polar surface area (TPSA) is 21.8 Å². The highest BCUT2D eigenvalue weighted by molar-refractivity contribution is 5.01. The Morgan fingerprint density at radius 2 is 1.62 bits per heavy atom. The van der Waals surface area contributed by atoms with Gasteiger partial charge in [0.25, 0.3) is 0 Å². The predicted octanol–water partition coefficient (Wildman–Crippen LogP) is 2.47. The number of hydrogen-bond acceptors (Lipinski definition) is 2. The quantitative estimate of drug-likeness (QED) is 0.682. The summed E-state index contributed by atoms with van der Waals surface area (Å²) >= 11 is 0. The summed E-state index contributed by atoms with van der Waals surface area (Å²) in [4.78, 5) is 0. The van der Waals surface area contributed by atoms with Crippen molar-refractivity contribution in [1.29, 1.82) is 0 Å². The molecule has 4 fully saturated rings. The summed E-state index contributed by atoms with van der Waals surface area (Å²) in [7, 11) is 0. The second-order valence-corrected chi connectivity index (χ2v) is 6.49. The zero-order valence-electron chi connectivity index (χ0n) is 9.94. The first-order chi connectivity index (χ1) is 7.90. The van der Waals surface area contributed by atoms with E-state index in [4.69, 9.17) is 9.47 Å². The van der Waals surface area contributed by atoms with Crippen molar-refractivity contribution in [2.75, 3.05) is 19.8 Å². The van der Waals surface area contributed by atoms with Gasteiger partial charge in [0.1, 0.15) is 6.10 Å². The number of ether oxygens (including phenoxy) is 2. The van der Waals surface area contributed by atoms with Gasteiger partial charge in [-0.1, -0.05) is 0 Å². The van der Waals surface area contributed by atoms with Crippen molar-refractivity contribution in [3.8, 4) is 0 Å². The molecule has 1 saturated heterocycles. The van der Waals surface area contributed by atoms with Gasteiger partial charge in [-0.25, -0.2) is 0 Å². The molecule has 0 aromatic rings. The lowest BCUT2D eigenvalue weighted by atomic mass is 9.82. The minimum absolute atomic E-state index is 0.442. The molecule has 2 nitrogen and oxygen atoms in total. The molecular weight excluding hydrogens is 200 g/mol. The van der Waals surface area contributed by atoms with Crippen molar-refractivity contribution >= 4 is 0 Å². The molecule has 0 N–H and O–H groups in total. The van der Waals surface area contributed by atoms with Crippen LogP contribution in [0.15, 0.2) is 0 Å². The second kappa shape index (κ2) is 3.71. The van der Waals surface area contributed by atoms with Crippen LogP contribution < -0.4 is 0 Å². The molecule has 1 heterocycles. The van der Waals surface area contributed by atoms with Crippen LogP contribution in [0.5, 0.6) is 0 Å². The van der Waals surface area contributed by atoms with Crippen molar-refractivity contribution in [2.45, 2.75) is 38.2 Å². The van der Waals surface area contributed by atoms with Crippen molar-refractivity contribution in [1.82, 2.24) is 0 Å². The van der Waals surface area contributed by atoms with Gasteiger partial charge in [0.2, 0.25) is 0 Å². The maximum absolute atomic E-state index is 5.77. The minimum Gasteiger partial charge on any atom is -0.378 e. The van der Waals surface area contributed by atoms with E-state index in [0.29, 0.717) is 6.10 Å². The fraction of sp³-hybridized carbons (Fsp3) is 1.00. The third-order valence-corrected chi connectivity index (χ3v) is 5.55. The Labute approximate surface area is 97.7 Å². The molecule has 4 rings (SSSR count). The van der Waals surface area contributed by atoms with Crippen LogP contribution in [0.2, 0.25) is 0 Å². The lowest BCUT2D eigenvalue weighted by molar-refractivity contribution is 0.0842. The van der Waals surface area contributed by atoms with E-state index in [1.54, 1.807) is 6.42 Å². The number of hydrogen-bond donors (Lipinski definition) is 0. The first-order valence-electron chi connectivity index (χ1n) is 7.09. The molecule has 0 aromatic carbocycles. The first-order valence-corrected chi connectivity index (χ1v) is 7.09. The van der Waals surface area contributed by atoms with Gasteiger partial charge in [-0.15, -0.1) is 0 Å². The van der Waals surface area contributed by atoms with Gasteiger partial charge in [-0.05, 0) is 61.7 Å². The average Bonchev–Trinajstić information content (AvgIpc) is 2.76. The van der Waals surface area contributed by atoms with Gasteiger partial charge in [0.05, 0.1) is 13.2 Å². The molecule has 90 valence electrons. The van der Waals surface area contributed by atoms with Crippen LogP contribution in [0.3, 0.4) is 0 Å². The van der Waals surface area contributed by atoms with E-state index in [1.165, 1.54) is 25.7 Å². The highest BCUT2D eigenvalue weighted by Crippen LogP contribution is 2.60. The van der Waals surface area contributed by atoms with E-state index >= 15 is 0 Å². The van der Waals surface area contributed by atoms with E-state index in [1.807, 2.05) is 0 Å². The van der Waals surface area contributed by atoms with E-state index < -0.39 is 0 Å². The monoisotopic (exact) mass is 222 g/mol. The molecule has 16 heavy (non-hydrogen) atoms. The largest absolute Gasteiger partial charge is 0.378 e. The molecule has 4 aliphatic rings. The van der Waals surface area contributed by atoms with Crippen molar-refractivity contribution < 1.29 is 9.47 Å². The Kier molecular flexibility index (Phi) is 2.29. The van der Waals surface area contributed by atoms with Crippen molar-refractivity contribution in [2.24, 2.45) is 29.6 Å². The summed E-state index contributed by atoms with van der Waals surface area (Å²) in [5.74, 6) is 5.25. The maximum Gasteiger partial charge on any atom is 0.104 e. The average molecular weight is 222 g/mol. The molecule has 2 heteroatoms. The minimum atomic E-state index is 0.442. The predicted molar refractivity (Wildman–Crippen MR) is 61.1 cm³/mol. The molecule has 0 amide bonds. The molecule has 2 bridgehead atoms. The zero-order valence-corrected chi connectivity index (χ0v) is 9.94. The lowest BCUT2D eigenvalue weighted by Crippen LogP contribution is -2.15. The van der Waals surface area contributed by atoms with E-state index in [9.17, 15) is 0 Å². The third kappa shape index (κ3) is 1.62. The summed E-state index contributed by atoms with van der Waals surface area (Å²) in [6.45, 7) is 2.78. The molecule has 5 atom stereocenters. The Morgan fingerprint density at radius 1 is 0.938 bits per heavy atom. The first kappa shape index (κ1) is 9.90. The Hall–Kier alpha value is -0.0800. The Balaban J connectivity index is 1.29. The number of rotatable bonds is 4. The fourth-order valence-corrected chi connectivity index (χ4v) is 4.80. The third-order valence-electron chi connectivity index (χ3n) is 5.55. The summed E-state index contributed by atoms with van der Waals surface area (Å²) in [5, 5.41) is 0. The smallest absolute Gasteiger partial charge is 0.104 e. The van der Waals surface area contributed by atoms with Gasteiger partial charge in [-0.3, -0.25) is 0 Å². The van der Waals surface area contributed by atoms with Gasteiger partial charge in [-0.2, -0.15) is 0 Å². The molecule has 3 aliphatic carbocycles. The van der Waals surface area contributed by atoms with Crippen LogP contribution in [-0.4, -0.2) is 25.9 Å². The molecule has 0 aromatic heterocycles. The van der Waals surface area contributed by atoms with Crippen molar-refractivity contribution in [3.05, 3.63) is 0 Å². The van der Waals surface area contributed by atoms with Crippen LogP contribution in [0.1, 0.15) is 32.1 Å². The summed E-state index contributed by atoms with van der Waals surface area (Å²) < 4.78 is 10.9. The molecule has 5 unspecified atom stereocenters.